The Morgan fingerprint density at radius 3 is 2.09 bits per heavy atom. The van der Waals surface area contributed by atoms with Gasteiger partial charge in [0.2, 0.25) is 0 Å². The predicted octanol–water partition coefficient (Wildman–Crippen LogP) is 2.91. The fourth-order valence-corrected chi connectivity index (χ4v) is 3.34. The molecule has 1 aliphatic rings. The van der Waals surface area contributed by atoms with Gasteiger partial charge in [0.05, 0.1) is 11.8 Å². The van der Waals surface area contributed by atoms with Gasteiger partial charge in [-0.2, -0.15) is 0 Å². The molecule has 110 valence electrons. The highest BCUT2D eigenvalue weighted by Crippen LogP contribution is 2.50. The molecular formula is C17H13NO4. The molecule has 0 saturated heterocycles. The van der Waals surface area contributed by atoms with E-state index in [9.17, 15) is 19.6 Å². The van der Waals surface area contributed by atoms with Crippen molar-refractivity contribution in [1.82, 2.24) is 0 Å². The molecule has 0 saturated carbocycles. The zero-order valence-electron chi connectivity index (χ0n) is 11.5. The molecule has 3 unspecified atom stereocenters. The summed E-state index contributed by atoms with van der Waals surface area (Å²) in [5, 5.41) is 12.1. The molecule has 3 rings (SSSR count). The number of carboxylic acid groups (broad SMARTS) is 1. The summed E-state index contributed by atoms with van der Waals surface area (Å²) in [6, 6.07) is 16.2. The standard InChI is InChI=1S/C17H13NO4/c19-16(18-22)15-13(10-6-2-1-3-7-10)11-8-4-5-9-12(11)14(15)17(20)21/h1-9,13-15H,(H,20,21). The number of nitrogens with zero attached hydrogens (tertiary/aromatic N) is 1. The molecule has 0 aliphatic heterocycles. The first-order valence-electron chi connectivity index (χ1n) is 6.89. The Kier molecular flexibility index (Phi) is 3.55. The van der Waals surface area contributed by atoms with E-state index in [0.717, 1.165) is 11.1 Å². The van der Waals surface area contributed by atoms with Crippen molar-refractivity contribution in [3.05, 3.63) is 76.2 Å². The molecular weight excluding hydrogens is 282 g/mol. The van der Waals surface area contributed by atoms with Crippen molar-refractivity contribution in [3.8, 4) is 0 Å². The van der Waals surface area contributed by atoms with Crippen LogP contribution in [-0.2, 0) is 9.59 Å². The molecule has 1 amide bonds. The van der Waals surface area contributed by atoms with Gasteiger partial charge >= 0.3 is 5.97 Å². The van der Waals surface area contributed by atoms with Gasteiger partial charge in [-0.3, -0.25) is 9.59 Å². The minimum Gasteiger partial charge on any atom is -0.481 e. The third kappa shape index (κ3) is 2.11. The molecule has 5 heteroatoms. The van der Waals surface area contributed by atoms with Crippen LogP contribution in [0, 0.1) is 10.8 Å². The van der Waals surface area contributed by atoms with Crippen LogP contribution in [0.25, 0.3) is 0 Å². The van der Waals surface area contributed by atoms with Crippen LogP contribution in [0.2, 0.25) is 0 Å². The van der Waals surface area contributed by atoms with Gasteiger partial charge in [0, 0.05) is 11.1 Å². The highest BCUT2D eigenvalue weighted by atomic mass is 16.4. The lowest BCUT2D eigenvalue weighted by molar-refractivity contribution is -0.142. The molecule has 1 aliphatic carbocycles. The van der Waals surface area contributed by atoms with Crippen LogP contribution in [0.3, 0.4) is 0 Å². The fraction of sp³-hybridized carbons (Fsp3) is 0.176. The molecule has 0 aromatic heterocycles. The Bertz CT molecular complexity index is 741. The predicted molar refractivity (Wildman–Crippen MR) is 79.4 cm³/mol. The van der Waals surface area contributed by atoms with Gasteiger partial charge in [0.1, 0.15) is 0 Å². The van der Waals surface area contributed by atoms with E-state index < -0.39 is 29.6 Å². The third-order valence-electron chi connectivity index (χ3n) is 4.18. The SMILES string of the molecule is O=NC(=O)C1C(C(=O)O)c2ccccc2C1c1ccccc1. The summed E-state index contributed by atoms with van der Waals surface area (Å²) in [4.78, 5) is 34.5. The van der Waals surface area contributed by atoms with E-state index in [1.807, 2.05) is 30.3 Å². The van der Waals surface area contributed by atoms with Crippen molar-refractivity contribution in [2.75, 3.05) is 0 Å². The van der Waals surface area contributed by atoms with Gasteiger partial charge in [-0.15, -0.1) is 4.91 Å². The van der Waals surface area contributed by atoms with Crippen molar-refractivity contribution >= 4 is 11.9 Å². The van der Waals surface area contributed by atoms with Gasteiger partial charge in [0.25, 0.3) is 5.91 Å². The van der Waals surface area contributed by atoms with Crippen molar-refractivity contribution in [1.29, 1.82) is 0 Å². The zero-order valence-corrected chi connectivity index (χ0v) is 11.5. The summed E-state index contributed by atoms with van der Waals surface area (Å²) in [6.45, 7) is 0. The Balaban J connectivity index is 2.23. The first-order chi connectivity index (χ1) is 10.6. The monoisotopic (exact) mass is 295 g/mol. The maximum atomic E-state index is 12.0. The van der Waals surface area contributed by atoms with Gasteiger partial charge in [-0.25, -0.2) is 0 Å². The second kappa shape index (κ2) is 5.52. The van der Waals surface area contributed by atoms with Crippen LogP contribution in [0.4, 0.5) is 0 Å². The maximum absolute atomic E-state index is 12.0. The van der Waals surface area contributed by atoms with E-state index >= 15 is 0 Å². The van der Waals surface area contributed by atoms with E-state index in [-0.39, 0.29) is 0 Å². The van der Waals surface area contributed by atoms with E-state index in [4.69, 9.17) is 0 Å². The van der Waals surface area contributed by atoms with Gasteiger partial charge in [0.15, 0.2) is 0 Å². The third-order valence-corrected chi connectivity index (χ3v) is 4.18. The lowest BCUT2D eigenvalue weighted by Gasteiger charge is -2.19. The van der Waals surface area contributed by atoms with Crippen LogP contribution in [-0.4, -0.2) is 17.0 Å². The number of carbonyl (C=O) groups excluding carboxylic acids is 1. The summed E-state index contributed by atoms with van der Waals surface area (Å²) in [6.07, 6.45) is 0. The summed E-state index contributed by atoms with van der Waals surface area (Å²) < 4.78 is 0. The highest BCUT2D eigenvalue weighted by molar-refractivity contribution is 5.92. The molecule has 22 heavy (non-hydrogen) atoms. The second-order valence-corrected chi connectivity index (χ2v) is 5.29. The summed E-state index contributed by atoms with van der Waals surface area (Å²) in [5.74, 6) is -4.56. The van der Waals surface area contributed by atoms with Crippen LogP contribution in [0.15, 0.2) is 59.8 Å². The first-order valence-corrected chi connectivity index (χ1v) is 6.89. The molecule has 1 N–H and O–H groups in total. The number of rotatable bonds is 3. The average Bonchev–Trinajstić information content (AvgIpc) is 2.90. The average molecular weight is 295 g/mol. The molecule has 0 bridgehead atoms. The molecule has 0 spiro atoms. The second-order valence-electron chi connectivity index (χ2n) is 5.29. The summed E-state index contributed by atoms with van der Waals surface area (Å²) in [5.41, 5.74) is 2.15. The number of amides is 1. The fourth-order valence-electron chi connectivity index (χ4n) is 3.34. The highest BCUT2D eigenvalue weighted by Gasteiger charge is 2.49. The number of hydrogen-bond donors (Lipinski definition) is 1. The topological polar surface area (TPSA) is 83.8 Å². The largest absolute Gasteiger partial charge is 0.481 e. The molecule has 0 heterocycles. The summed E-state index contributed by atoms with van der Waals surface area (Å²) in [7, 11) is 0. The van der Waals surface area contributed by atoms with Crippen molar-refractivity contribution in [2.45, 2.75) is 11.8 Å². The minimum absolute atomic E-state index is 0.469. The van der Waals surface area contributed by atoms with Crippen molar-refractivity contribution in [3.63, 3.8) is 0 Å². The molecule has 2 aromatic rings. The molecule has 0 fully saturated rings. The number of nitroso groups, excluding NO2 is 1. The quantitative estimate of drug-likeness (QED) is 0.882. The molecule has 3 atom stereocenters. The van der Waals surface area contributed by atoms with Gasteiger partial charge < -0.3 is 5.11 Å². The van der Waals surface area contributed by atoms with Gasteiger partial charge in [-0.1, -0.05) is 54.6 Å². The Hall–Kier alpha value is -2.82. The smallest absolute Gasteiger partial charge is 0.311 e. The Morgan fingerprint density at radius 1 is 0.909 bits per heavy atom. The van der Waals surface area contributed by atoms with Crippen LogP contribution >= 0.6 is 0 Å². The Labute approximate surface area is 126 Å². The molecule has 2 aromatic carbocycles. The van der Waals surface area contributed by atoms with Crippen molar-refractivity contribution < 1.29 is 14.7 Å². The number of aliphatic carboxylic acids is 1. The number of carbonyl (C=O) groups is 2. The van der Waals surface area contributed by atoms with E-state index in [0.29, 0.717) is 5.56 Å². The van der Waals surface area contributed by atoms with Gasteiger partial charge in [-0.05, 0) is 16.7 Å². The molecule has 5 nitrogen and oxygen atoms in total. The lowest BCUT2D eigenvalue weighted by atomic mass is 9.82. The Morgan fingerprint density at radius 2 is 1.50 bits per heavy atom. The first kappa shape index (κ1) is 14.1. The van der Waals surface area contributed by atoms with Crippen LogP contribution < -0.4 is 0 Å². The number of hydrogen-bond acceptors (Lipinski definition) is 3. The lowest BCUT2D eigenvalue weighted by Crippen LogP contribution is -2.26. The van der Waals surface area contributed by atoms with E-state index in [1.54, 1.807) is 24.3 Å². The van der Waals surface area contributed by atoms with Crippen LogP contribution in [0.5, 0.6) is 0 Å². The minimum atomic E-state index is -1.12. The normalized spacial score (nSPS) is 22.8. The van der Waals surface area contributed by atoms with Crippen molar-refractivity contribution in [2.24, 2.45) is 11.1 Å². The van der Waals surface area contributed by atoms with Crippen LogP contribution in [0.1, 0.15) is 28.5 Å². The van der Waals surface area contributed by atoms with E-state index in [1.165, 1.54) is 0 Å². The van der Waals surface area contributed by atoms with E-state index in [2.05, 4.69) is 5.18 Å². The number of carboxylic acids is 1. The molecule has 0 radical (unpaired) electrons. The number of benzene rings is 2. The maximum Gasteiger partial charge on any atom is 0.311 e. The number of fused-ring (bicyclic) bond motifs is 1. The summed E-state index contributed by atoms with van der Waals surface area (Å²) >= 11 is 0. The zero-order chi connectivity index (χ0) is 15.7.